The van der Waals surface area contributed by atoms with Gasteiger partial charge in [-0.2, -0.15) is 0 Å². The van der Waals surface area contributed by atoms with Gasteiger partial charge in [-0.25, -0.2) is 5.73 Å². The molecule has 0 amide bonds. The number of benzene rings is 1. The molecule has 1 atom stereocenters. The average Bonchev–Trinajstić information content (AvgIpc) is 2.72. The van der Waals surface area contributed by atoms with E-state index in [0.717, 1.165) is 11.3 Å². The summed E-state index contributed by atoms with van der Waals surface area (Å²) in [6, 6.07) is 13.3. The molecule has 2 heteroatoms. The molecule has 1 N–H and O–H groups in total. The molecule has 0 aliphatic heterocycles. The van der Waals surface area contributed by atoms with E-state index in [0.29, 0.717) is 6.42 Å². The van der Waals surface area contributed by atoms with Gasteiger partial charge < -0.3 is 4.42 Å². The van der Waals surface area contributed by atoms with E-state index in [1.807, 2.05) is 42.5 Å². The molecule has 0 aliphatic rings. The quantitative estimate of drug-likeness (QED) is 0.726. The molecule has 1 unspecified atom stereocenters. The van der Waals surface area contributed by atoms with Gasteiger partial charge in [0.05, 0.1) is 12.3 Å². The van der Waals surface area contributed by atoms with Gasteiger partial charge in [-0.15, -0.1) is 0 Å². The van der Waals surface area contributed by atoms with E-state index in [4.69, 9.17) is 10.2 Å². The lowest BCUT2D eigenvalue weighted by atomic mass is 10.0. The predicted molar refractivity (Wildman–Crippen MR) is 54.7 cm³/mol. The Morgan fingerprint density at radius 3 is 2.50 bits per heavy atom. The van der Waals surface area contributed by atoms with E-state index < -0.39 is 0 Å². The molecule has 1 aromatic carbocycles. The molecular formula is C12H12NO. The first-order valence-electron chi connectivity index (χ1n) is 4.65. The summed E-state index contributed by atoms with van der Waals surface area (Å²) in [6.45, 7) is 0. The molecule has 2 aromatic rings. The predicted octanol–water partition coefficient (Wildman–Crippen LogP) is 2.85. The van der Waals surface area contributed by atoms with E-state index in [1.54, 1.807) is 6.26 Å². The molecule has 14 heavy (non-hydrogen) atoms. The molecule has 0 bridgehead atoms. The molecular weight excluding hydrogens is 174 g/mol. The molecule has 1 heterocycles. The number of hydrogen-bond donors (Lipinski definition) is 0. The average molecular weight is 186 g/mol. The molecule has 1 aromatic heterocycles. The van der Waals surface area contributed by atoms with Crippen molar-refractivity contribution in [3.05, 3.63) is 60.1 Å². The van der Waals surface area contributed by atoms with Gasteiger partial charge in [-0.1, -0.05) is 30.3 Å². The van der Waals surface area contributed by atoms with Crippen LogP contribution in [0, 0.1) is 0 Å². The van der Waals surface area contributed by atoms with E-state index >= 15 is 0 Å². The highest BCUT2D eigenvalue weighted by Gasteiger charge is 2.08. The third kappa shape index (κ3) is 2.03. The van der Waals surface area contributed by atoms with Gasteiger partial charge in [0.15, 0.2) is 0 Å². The van der Waals surface area contributed by atoms with Crippen LogP contribution in [0.15, 0.2) is 53.1 Å². The van der Waals surface area contributed by atoms with Crippen LogP contribution in [0.25, 0.3) is 0 Å². The van der Waals surface area contributed by atoms with E-state index in [9.17, 15) is 0 Å². The Morgan fingerprint density at radius 1 is 1.07 bits per heavy atom. The molecule has 0 aliphatic carbocycles. The first-order chi connectivity index (χ1) is 6.86. The number of nitrogens with one attached hydrogen (secondary N) is 1. The first kappa shape index (κ1) is 9.03. The van der Waals surface area contributed by atoms with Crippen LogP contribution in [0.5, 0.6) is 0 Å². The van der Waals surface area contributed by atoms with Gasteiger partial charge in [0, 0.05) is 6.42 Å². The highest BCUT2D eigenvalue weighted by molar-refractivity contribution is 5.19. The minimum absolute atomic E-state index is 0.234. The van der Waals surface area contributed by atoms with Gasteiger partial charge in [0.25, 0.3) is 0 Å². The maximum atomic E-state index is 7.93. The van der Waals surface area contributed by atoms with Crippen molar-refractivity contribution in [2.45, 2.75) is 12.5 Å². The lowest BCUT2D eigenvalue weighted by molar-refractivity contribution is 0.485. The largest absolute Gasteiger partial charge is 0.469 e. The molecule has 71 valence electrons. The molecule has 0 spiro atoms. The Balaban J connectivity index is 2.07. The van der Waals surface area contributed by atoms with Crippen molar-refractivity contribution in [2.24, 2.45) is 0 Å². The van der Waals surface area contributed by atoms with Crippen LogP contribution < -0.4 is 5.73 Å². The first-order valence-corrected chi connectivity index (χ1v) is 4.65. The van der Waals surface area contributed by atoms with Crippen LogP contribution >= 0.6 is 0 Å². The van der Waals surface area contributed by atoms with Crippen LogP contribution in [-0.4, -0.2) is 0 Å². The maximum Gasteiger partial charge on any atom is 0.105 e. The lowest BCUT2D eigenvalue weighted by Gasteiger charge is -2.08. The minimum atomic E-state index is -0.234. The zero-order chi connectivity index (χ0) is 9.80. The van der Waals surface area contributed by atoms with Gasteiger partial charge in [-0.05, 0) is 17.7 Å². The highest BCUT2D eigenvalue weighted by atomic mass is 16.3. The fraction of sp³-hybridized carbons (Fsp3) is 0.167. The Morgan fingerprint density at radius 2 is 1.86 bits per heavy atom. The Bertz CT molecular complexity index is 366. The summed E-state index contributed by atoms with van der Waals surface area (Å²) in [5, 5.41) is 0. The summed E-state index contributed by atoms with van der Waals surface area (Å²) in [7, 11) is 0. The van der Waals surface area contributed by atoms with Crippen molar-refractivity contribution in [3.8, 4) is 0 Å². The van der Waals surface area contributed by atoms with Crippen molar-refractivity contribution in [1.82, 2.24) is 5.73 Å². The summed E-state index contributed by atoms with van der Waals surface area (Å²) in [4.78, 5) is 0. The van der Waals surface area contributed by atoms with Crippen LogP contribution in [0.1, 0.15) is 17.4 Å². The summed E-state index contributed by atoms with van der Waals surface area (Å²) in [5.74, 6) is 0.869. The number of rotatable bonds is 3. The summed E-state index contributed by atoms with van der Waals surface area (Å²) in [6.07, 6.45) is 2.28. The molecule has 2 rings (SSSR count). The van der Waals surface area contributed by atoms with Gasteiger partial charge in [-0.3, -0.25) is 0 Å². The topological polar surface area (TPSA) is 36.9 Å². The number of furan rings is 1. The van der Waals surface area contributed by atoms with Gasteiger partial charge >= 0.3 is 0 Å². The monoisotopic (exact) mass is 186 g/mol. The van der Waals surface area contributed by atoms with Gasteiger partial charge in [0.1, 0.15) is 5.76 Å². The fourth-order valence-electron chi connectivity index (χ4n) is 1.43. The Labute approximate surface area is 83.4 Å². The van der Waals surface area contributed by atoms with Gasteiger partial charge in [0.2, 0.25) is 0 Å². The van der Waals surface area contributed by atoms with Crippen molar-refractivity contribution in [2.75, 3.05) is 0 Å². The van der Waals surface area contributed by atoms with Crippen LogP contribution in [0.3, 0.4) is 0 Å². The van der Waals surface area contributed by atoms with E-state index in [1.165, 1.54) is 0 Å². The van der Waals surface area contributed by atoms with Crippen molar-refractivity contribution >= 4 is 0 Å². The second-order valence-electron chi connectivity index (χ2n) is 3.25. The summed E-state index contributed by atoms with van der Waals surface area (Å²) in [5.41, 5.74) is 8.96. The highest BCUT2D eigenvalue weighted by Crippen LogP contribution is 2.16. The normalized spacial score (nSPS) is 12.6. The number of hydrogen-bond acceptors (Lipinski definition) is 1. The van der Waals surface area contributed by atoms with Crippen molar-refractivity contribution in [1.29, 1.82) is 0 Å². The minimum Gasteiger partial charge on any atom is -0.469 e. The van der Waals surface area contributed by atoms with Crippen LogP contribution in [-0.2, 0) is 6.42 Å². The Hall–Kier alpha value is -1.54. The van der Waals surface area contributed by atoms with Crippen molar-refractivity contribution < 1.29 is 4.42 Å². The zero-order valence-electron chi connectivity index (χ0n) is 7.81. The maximum absolute atomic E-state index is 7.93. The second-order valence-corrected chi connectivity index (χ2v) is 3.25. The fourth-order valence-corrected chi connectivity index (χ4v) is 1.43. The molecule has 0 saturated carbocycles. The second kappa shape index (κ2) is 4.11. The van der Waals surface area contributed by atoms with Crippen molar-refractivity contribution in [3.63, 3.8) is 0 Å². The zero-order valence-corrected chi connectivity index (χ0v) is 7.81. The van der Waals surface area contributed by atoms with E-state index in [-0.39, 0.29) is 6.04 Å². The molecule has 0 saturated heterocycles. The summed E-state index contributed by atoms with van der Waals surface area (Å²) < 4.78 is 5.21. The van der Waals surface area contributed by atoms with Crippen LogP contribution in [0.4, 0.5) is 0 Å². The third-order valence-electron chi connectivity index (χ3n) is 2.19. The smallest absolute Gasteiger partial charge is 0.105 e. The van der Waals surface area contributed by atoms with E-state index in [2.05, 4.69) is 0 Å². The molecule has 0 fully saturated rings. The summed E-state index contributed by atoms with van der Waals surface area (Å²) >= 11 is 0. The Kier molecular flexibility index (Phi) is 2.65. The SMILES string of the molecule is [NH]C(Cc1ccco1)c1ccccc1. The molecule has 2 nitrogen and oxygen atoms in total. The lowest BCUT2D eigenvalue weighted by Crippen LogP contribution is -2.02. The standard InChI is InChI=1S/C12H12NO/c13-12(9-11-7-4-8-14-11)10-5-2-1-3-6-10/h1-8,12-13H,9H2. The molecule has 1 radical (unpaired) electrons. The van der Waals surface area contributed by atoms with Crippen LogP contribution in [0.2, 0.25) is 0 Å². The third-order valence-corrected chi connectivity index (χ3v) is 2.19.